The maximum atomic E-state index is 12.5. The van der Waals surface area contributed by atoms with Gasteiger partial charge in [0.25, 0.3) is 5.91 Å². The number of hydrogen-bond acceptors (Lipinski definition) is 4. The smallest absolute Gasteiger partial charge is 0.321 e. The zero-order valence-electron chi connectivity index (χ0n) is 16.4. The van der Waals surface area contributed by atoms with Gasteiger partial charge in [0, 0.05) is 30.4 Å². The van der Waals surface area contributed by atoms with Gasteiger partial charge in [-0.05, 0) is 50.8 Å². The molecule has 1 aliphatic heterocycles. The molecule has 2 rings (SSSR count). The molecule has 0 bridgehead atoms. The third-order valence-electron chi connectivity index (χ3n) is 4.41. The van der Waals surface area contributed by atoms with E-state index in [0.717, 1.165) is 36.9 Å². The van der Waals surface area contributed by atoms with Gasteiger partial charge in [-0.15, -0.1) is 0 Å². The lowest BCUT2D eigenvalue weighted by Crippen LogP contribution is -2.46. The van der Waals surface area contributed by atoms with Gasteiger partial charge < -0.3 is 15.5 Å². The summed E-state index contributed by atoms with van der Waals surface area (Å²) in [6, 6.07) is 5.18. The van der Waals surface area contributed by atoms with Gasteiger partial charge in [0.15, 0.2) is 0 Å². The molecule has 0 fully saturated rings. The van der Waals surface area contributed by atoms with Gasteiger partial charge in [0.1, 0.15) is 0 Å². The first-order chi connectivity index (χ1) is 12.9. The zero-order chi connectivity index (χ0) is 19.8. The van der Waals surface area contributed by atoms with Crippen LogP contribution in [0.25, 0.3) is 0 Å². The third kappa shape index (κ3) is 5.98. The minimum Gasteiger partial charge on any atom is -0.362 e. The number of carbonyl (C=O) groups is 3. The van der Waals surface area contributed by atoms with Crippen LogP contribution in [-0.4, -0.2) is 43.5 Å². The Hall–Kier alpha value is -2.57. The summed E-state index contributed by atoms with van der Waals surface area (Å²) in [5, 5.41) is 7.97. The molecule has 0 aliphatic carbocycles. The van der Waals surface area contributed by atoms with Crippen molar-refractivity contribution in [2.45, 2.75) is 52.5 Å². The van der Waals surface area contributed by atoms with Gasteiger partial charge in [-0.2, -0.15) is 0 Å². The van der Waals surface area contributed by atoms with Crippen molar-refractivity contribution in [2.24, 2.45) is 0 Å². The molecule has 0 atom stereocenters. The molecule has 3 N–H and O–H groups in total. The number of hydrogen-bond donors (Lipinski definition) is 3. The Labute approximate surface area is 160 Å². The average Bonchev–Trinajstić information content (AvgIpc) is 2.61. The first-order valence-corrected chi connectivity index (χ1v) is 9.67. The fourth-order valence-corrected chi connectivity index (χ4v) is 3.18. The van der Waals surface area contributed by atoms with E-state index < -0.39 is 6.03 Å². The van der Waals surface area contributed by atoms with Crippen LogP contribution in [0.4, 0.5) is 10.5 Å². The Morgan fingerprint density at radius 3 is 2.70 bits per heavy atom. The normalized spacial score (nSPS) is 13.1. The molecule has 1 aromatic rings. The second kappa shape index (κ2) is 9.94. The molecular weight excluding hydrogens is 344 g/mol. The highest BCUT2D eigenvalue weighted by Crippen LogP contribution is 2.29. The number of urea groups is 1. The van der Waals surface area contributed by atoms with E-state index in [1.165, 1.54) is 0 Å². The number of anilines is 1. The predicted octanol–water partition coefficient (Wildman–Crippen LogP) is 2.20. The molecule has 0 unspecified atom stereocenters. The summed E-state index contributed by atoms with van der Waals surface area (Å²) in [4.78, 5) is 38.4. The standard InChI is InChI=1S/C20H30N4O3/c1-4-5-11-21-20(27)23-18(25)13-24-12-7-9-15-16(8-6-10-17(15)24)19(26)22-14(2)3/h6,8,10,14H,4-5,7,9,11-13H2,1-3H3,(H,22,26)(H2,21,23,25,27). The second-order valence-corrected chi connectivity index (χ2v) is 7.11. The number of nitrogens with one attached hydrogen (secondary N) is 3. The number of nitrogens with zero attached hydrogens (tertiary/aromatic N) is 1. The highest BCUT2D eigenvalue weighted by atomic mass is 16.2. The molecular formula is C20H30N4O3. The molecule has 148 valence electrons. The molecule has 1 aromatic carbocycles. The van der Waals surface area contributed by atoms with E-state index in [9.17, 15) is 14.4 Å². The van der Waals surface area contributed by atoms with E-state index in [2.05, 4.69) is 16.0 Å². The lowest BCUT2D eigenvalue weighted by Gasteiger charge is -2.31. The van der Waals surface area contributed by atoms with E-state index in [1.807, 2.05) is 43.9 Å². The summed E-state index contributed by atoms with van der Waals surface area (Å²) < 4.78 is 0. The van der Waals surface area contributed by atoms with E-state index in [1.54, 1.807) is 0 Å². The summed E-state index contributed by atoms with van der Waals surface area (Å²) in [5.41, 5.74) is 2.50. The third-order valence-corrected chi connectivity index (χ3v) is 4.41. The highest BCUT2D eigenvalue weighted by molar-refractivity contribution is 5.99. The monoisotopic (exact) mass is 374 g/mol. The number of amides is 4. The van der Waals surface area contributed by atoms with Crippen molar-refractivity contribution in [1.82, 2.24) is 16.0 Å². The summed E-state index contributed by atoms with van der Waals surface area (Å²) in [7, 11) is 0. The fourth-order valence-electron chi connectivity index (χ4n) is 3.18. The van der Waals surface area contributed by atoms with E-state index >= 15 is 0 Å². The molecule has 4 amide bonds. The Balaban J connectivity index is 2.04. The van der Waals surface area contributed by atoms with E-state index in [-0.39, 0.29) is 24.4 Å². The van der Waals surface area contributed by atoms with Crippen molar-refractivity contribution >= 4 is 23.5 Å². The van der Waals surface area contributed by atoms with Crippen molar-refractivity contribution in [1.29, 1.82) is 0 Å². The van der Waals surface area contributed by atoms with Crippen molar-refractivity contribution in [3.05, 3.63) is 29.3 Å². The van der Waals surface area contributed by atoms with Crippen LogP contribution in [0.5, 0.6) is 0 Å². The second-order valence-electron chi connectivity index (χ2n) is 7.11. The number of rotatable bonds is 7. The minimum atomic E-state index is -0.462. The summed E-state index contributed by atoms with van der Waals surface area (Å²) >= 11 is 0. The number of fused-ring (bicyclic) bond motifs is 1. The fraction of sp³-hybridized carbons (Fsp3) is 0.550. The van der Waals surface area contributed by atoms with Crippen molar-refractivity contribution in [2.75, 3.05) is 24.5 Å². The first kappa shape index (κ1) is 20.7. The molecule has 0 spiro atoms. The van der Waals surface area contributed by atoms with Gasteiger partial charge in [0.05, 0.1) is 6.54 Å². The molecule has 7 heteroatoms. The Bertz CT molecular complexity index is 688. The maximum Gasteiger partial charge on any atom is 0.321 e. The summed E-state index contributed by atoms with van der Waals surface area (Å²) in [5.74, 6) is -0.447. The van der Waals surface area contributed by atoms with Crippen LogP contribution in [0.2, 0.25) is 0 Å². The van der Waals surface area contributed by atoms with Gasteiger partial charge in [-0.1, -0.05) is 19.4 Å². The van der Waals surface area contributed by atoms with Crippen molar-refractivity contribution in [3.63, 3.8) is 0 Å². The molecule has 1 heterocycles. The van der Waals surface area contributed by atoms with Gasteiger partial charge in [-0.3, -0.25) is 14.9 Å². The molecule has 27 heavy (non-hydrogen) atoms. The topological polar surface area (TPSA) is 90.5 Å². The number of carbonyl (C=O) groups excluding carboxylic acids is 3. The van der Waals surface area contributed by atoms with Gasteiger partial charge in [0.2, 0.25) is 5.91 Å². The molecule has 7 nitrogen and oxygen atoms in total. The Morgan fingerprint density at radius 1 is 1.22 bits per heavy atom. The van der Waals surface area contributed by atoms with Crippen LogP contribution in [0.1, 0.15) is 56.0 Å². The zero-order valence-corrected chi connectivity index (χ0v) is 16.4. The molecule has 0 saturated heterocycles. The number of benzene rings is 1. The van der Waals surface area contributed by atoms with E-state index in [4.69, 9.17) is 0 Å². The maximum absolute atomic E-state index is 12.5. The molecule has 0 radical (unpaired) electrons. The minimum absolute atomic E-state index is 0.0602. The van der Waals surface area contributed by atoms with Gasteiger partial charge >= 0.3 is 6.03 Å². The highest BCUT2D eigenvalue weighted by Gasteiger charge is 2.24. The largest absolute Gasteiger partial charge is 0.362 e. The Kier molecular flexibility index (Phi) is 7.64. The number of imide groups is 1. The van der Waals surface area contributed by atoms with Crippen LogP contribution < -0.4 is 20.9 Å². The predicted molar refractivity (Wildman–Crippen MR) is 106 cm³/mol. The first-order valence-electron chi connectivity index (χ1n) is 9.67. The summed E-state index contributed by atoms with van der Waals surface area (Å²) in [6.07, 6.45) is 3.51. The van der Waals surface area contributed by atoms with Crippen LogP contribution in [0.15, 0.2) is 18.2 Å². The molecule has 0 aromatic heterocycles. The molecule has 1 aliphatic rings. The quantitative estimate of drug-likeness (QED) is 0.638. The van der Waals surface area contributed by atoms with Crippen molar-refractivity contribution in [3.8, 4) is 0 Å². The van der Waals surface area contributed by atoms with Crippen LogP contribution >= 0.6 is 0 Å². The van der Waals surface area contributed by atoms with Crippen LogP contribution in [0.3, 0.4) is 0 Å². The lowest BCUT2D eigenvalue weighted by atomic mass is 9.95. The van der Waals surface area contributed by atoms with Crippen molar-refractivity contribution < 1.29 is 14.4 Å². The van der Waals surface area contributed by atoms with Crippen LogP contribution in [0, 0.1) is 0 Å². The lowest BCUT2D eigenvalue weighted by molar-refractivity contribution is -0.118. The van der Waals surface area contributed by atoms with Crippen LogP contribution in [-0.2, 0) is 11.2 Å². The number of unbranched alkanes of at least 4 members (excludes halogenated alkanes) is 1. The van der Waals surface area contributed by atoms with E-state index in [0.29, 0.717) is 18.7 Å². The van der Waals surface area contributed by atoms with Gasteiger partial charge in [-0.25, -0.2) is 4.79 Å². The Morgan fingerprint density at radius 2 is 2.00 bits per heavy atom. The SMILES string of the molecule is CCCCNC(=O)NC(=O)CN1CCCc2c(C(=O)NC(C)C)cccc21. The molecule has 0 saturated carbocycles. The summed E-state index contributed by atoms with van der Waals surface area (Å²) in [6.45, 7) is 7.24. The average molecular weight is 374 g/mol.